The third-order valence-corrected chi connectivity index (χ3v) is 2.38. The molecule has 1 aromatic heterocycles. The number of hydrazine groups is 1. The molecule has 5 N–H and O–H groups in total. The van der Waals surface area contributed by atoms with Crippen LogP contribution < -0.4 is 16.9 Å². The topological polar surface area (TPSA) is 97.5 Å². The molecule has 0 radical (unpaired) electrons. The summed E-state index contributed by atoms with van der Waals surface area (Å²) < 4.78 is 1.94. The van der Waals surface area contributed by atoms with Crippen molar-refractivity contribution in [3.05, 3.63) is 17.2 Å². The van der Waals surface area contributed by atoms with E-state index in [1.807, 2.05) is 11.6 Å². The fraction of sp³-hybridized carbons (Fsp3) is 0.500. The average molecular weight is 209 g/mol. The number of imidazole rings is 1. The molecule has 15 heavy (non-hydrogen) atoms. The van der Waals surface area contributed by atoms with Crippen molar-refractivity contribution in [1.29, 1.82) is 0 Å². The molecule has 0 spiro atoms. The van der Waals surface area contributed by atoms with Gasteiger partial charge in [-0.25, -0.2) is 15.9 Å². The number of nitrogens with two attached hydrogens (primary N) is 2. The number of amidine groups is 1. The van der Waals surface area contributed by atoms with Crippen LogP contribution in [-0.2, 0) is 20.1 Å². The molecule has 1 aromatic rings. The van der Waals surface area contributed by atoms with Crippen LogP contribution in [0.15, 0.2) is 5.10 Å². The first-order valence-electron chi connectivity index (χ1n) is 4.67. The molecular formula is C8H15N7. The normalized spacial score (nSPS) is 15.5. The van der Waals surface area contributed by atoms with Crippen LogP contribution in [-0.4, -0.2) is 27.6 Å². The van der Waals surface area contributed by atoms with Gasteiger partial charge < -0.3 is 15.6 Å². The van der Waals surface area contributed by atoms with Gasteiger partial charge in [0.2, 0.25) is 0 Å². The van der Waals surface area contributed by atoms with Gasteiger partial charge >= 0.3 is 0 Å². The second-order valence-electron chi connectivity index (χ2n) is 3.55. The smallest absolute Gasteiger partial charge is 0.188 e. The zero-order valence-electron chi connectivity index (χ0n) is 8.86. The molecular weight excluding hydrogens is 194 g/mol. The molecule has 2 rings (SSSR count). The maximum Gasteiger partial charge on any atom is 0.188 e. The molecule has 7 nitrogen and oxygen atoms in total. The van der Waals surface area contributed by atoms with Crippen LogP contribution in [0.3, 0.4) is 0 Å². The van der Waals surface area contributed by atoms with Crippen LogP contribution in [0.25, 0.3) is 0 Å². The Hall–Kier alpha value is -1.60. The van der Waals surface area contributed by atoms with E-state index in [4.69, 9.17) is 11.6 Å². The molecule has 0 aliphatic carbocycles. The van der Waals surface area contributed by atoms with E-state index in [1.165, 1.54) is 5.12 Å². The second-order valence-corrected chi connectivity index (χ2v) is 3.55. The Morgan fingerprint density at radius 2 is 2.33 bits per heavy atom. The van der Waals surface area contributed by atoms with Crippen molar-refractivity contribution in [2.75, 3.05) is 7.05 Å². The summed E-state index contributed by atoms with van der Waals surface area (Å²) >= 11 is 0. The standard InChI is InChI=1S/C8H15N7/c1-14-6-4-11-3-5(6)12-8(14)7(9)13-15(2)10/h11H,3-4,10H2,1-2H3,(H2,9,13). The molecule has 0 aromatic carbocycles. The van der Waals surface area contributed by atoms with Crippen molar-refractivity contribution in [3.63, 3.8) is 0 Å². The molecule has 0 unspecified atom stereocenters. The van der Waals surface area contributed by atoms with Crippen molar-refractivity contribution in [3.8, 4) is 0 Å². The summed E-state index contributed by atoms with van der Waals surface area (Å²) in [6, 6.07) is 0. The van der Waals surface area contributed by atoms with Gasteiger partial charge in [0.1, 0.15) is 0 Å². The second kappa shape index (κ2) is 3.52. The number of nitrogens with one attached hydrogen (secondary N) is 1. The third kappa shape index (κ3) is 1.66. The summed E-state index contributed by atoms with van der Waals surface area (Å²) in [5.74, 6) is 6.38. The number of aromatic nitrogens is 2. The van der Waals surface area contributed by atoms with E-state index < -0.39 is 0 Å². The molecule has 1 aliphatic heterocycles. The van der Waals surface area contributed by atoms with E-state index in [0.29, 0.717) is 11.7 Å². The van der Waals surface area contributed by atoms with Gasteiger partial charge in [-0.05, 0) is 0 Å². The average Bonchev–Trinajstić information content (AvgIpc) is 2.67. The van der Waals surface area contributed by atoms with Crippen molar-refractivity contribution < 1.29 is 0 Å². The van der Waals surface area contributed by atoms with Crippen LogP contribution in [0.4, 0.5) is 0 Å². The van der Waals surface area contributed by atoms with E-state index in [1.54, 1.807) is 7.05 Å². The number of hydrogen-bond donors (Lipinski definition) is 3. The Kier molecular flexibility index (Phi) is 2.33. The Labute approximate surface area is 87.7 Å². The minimum Gasteiger partial charge on any atom is -0.379 e. The number of fused-ring (bicyclic) bond motifs is 1. The Morgan fingerprint density at radius 1 is 1.60 bits per heavy atom. The lowest BCUT2D eigenvalue weighted by Crippen LogP contribution is -2.28. The monoisotopic (exact) mass is 209 g/mol. The Morgan fingerprint density at radius 3 is 2.93 bits per heavy atom. The highest BCUT2D eigenvalue weighted by molar-refractivity contribution is 5.94. The highest BCUT2D eigenvalue weighted by Crippen LogP contribution is 2.15. The van der Waals surface area contributed by atoms with Gasteiger partial charge in [-0.15, -0.1) is 5.10 Å². The number of nitrogens with zero attached hydrogens (tertiary/aromatic N) is 4. The van der Waals surface area contributed by atoms with Crippen LogP contribution in [0, 0.1) is 0 Å². The Balaban J connectivity index is 2.38. The SMILES string of the molecule is CN(N)/N=C(\N)c1nc2c(n1C)CNC2. The predicted octanol–water partition coefficient (Wildman–Crippen LogP) is -1.55. The summed E-state index contributed by atoms with van der Waals surface area (Å²) in [7, 11) is 3.54. The van der Waals surface area contributed by atoms with Crippen molar-refractivity contribution in [1.82, 2.24) is 20.0 Å². The van der Waals surface area contributed by atoms with E-state index >= 15 is 0 Å². The highest BCUT2D eigenvalue weighted by atomic mass is 15.6. The zero-order chi connectivity index (χ0) is 11.0. The Bertz CT molecular complexity index is 403. The number of hydrazone groups is 1. The van der Waals surface area contributed by atoms with Crippen molar-refractivity contribution in [2.24, 2.45) is 23.7 Å². The summed E-state index contributed by atoms with van der Waals surface area (Å²) in [4.78, 5) is 4.41. The highest BCUT2D eigenvalue weighted by Gasteiger charge is 2.20. The van der Waals surface area contributed by atoms with Gasteiger partial charge in [0, 0.05) is 27.2 Å². The van der Waals surface area contributed by atoms with Crippen LogP contribution in [0.5, 0.6) is 0 Å². The van der Waals surface area contributed by atoms with Crippen LogP contribution >= 0.6 is 0 Å². The predicted molar refractivity (Wildman–Crippen MR) is 56.4 cm³/mol. The molecule has 0 atom stereocenters. The van der Waals surface area contributed by atoms with E-state index in [-0.39, 0.29) is 0 Å². The summed E-state index contributed by atoms with van der Waals surface area (Å²) in [5, 5.41) is 8.31. The van der Waals surface area contributed by atoms with Gasteiger partial charge in [-0.3, -0.25) is 0 Å². The van der Waals surface area contributed by atoms with Gasteiger partial charge in [-0.1, -0.05) is 0 Å². The molecule has 2 heterocycles. The molecule has 0 bridgehead atoms. The van der Waals surface area contributed by atoms with Crippen LogP contribution in [0.2, 0.25) is 0 Å². The van der Waals surface area contributed by atoms with Gasteiger partial charge in [0.25, 0.3) is 0 Å². The lowest BCUT2D eigenvalue weighted by Gasteiger charge is -2.07. The van der Waals surface area contributed by atoms with Crippen molar-refractivity contribution in [2.45, 2.75) is 13.1 Å². The summed E-state index contributed by atoms with van der Waals surface area (Å²) in [6.07, 6.45) is 0. The third-order valence-electron chi connectivity index (χ3n) is 2.38. The summed E-state index contributed by atoms with van der Waals surface area (Å²) in [6.45, 7) is 1.61. The zero-order valence-corrected chi connectivity index (χ0v) is 8.86. The van der Waals surface area contributed by atoms with Crippen LogP contribution in [0.1, 0.15) is 17.2 Å². The first-order valence-corrected chi connectivity index (χ1v) is 4.67. The van der Waals surface area contributed by atoms with E-state index in [2.05, 4.69) is 15.4 Å². The lowest BCUT2D eigenvalue weighted by molar-refractivity contribution is 0.371. The minimum atomic E-state index is 0.330. The number of hydrogen-bond acceptors (Lipinski definition) is 5. The van der Waals surface area contributed by atoms with Gasteiger partial charge in [-0.2, -0.15) is 0 Å². The molecule has 7 heteroatoms. The lowest BCUT2D eigenvalue weighted by atomic mass is 10.4. The first kappa shape index (κ1) is 9.94. The maximum absolute atomic E-state index is 5.78. The summed E-state index contributed by atoms with van der Waals surface area (Å²) in [5.41, 5.74) is 7.97. The molecule has 0 saturated carbocycles. The van der Waals surface area contributed by atoms with E-state index in [0.717, 1.165) is 24.5 Å². The molecule has 0 fully saturated rings. The fourth-order valence-electron chi connectivity index (χ4n) is 1.69. The molecule has 0 amide bonds. The first-order chi connectivity index (χ1) is 7.09. The number of rotatable bonds is 2. The molecule has 0 saturated heterocycles. The van der Waals surface area contributed by atoms with Crippen molar-refractivity contribution >= 4 is 5.84 Å². The molecule has 1 aliphatic rings. The van der Waals surface area contributed by atoms with Gasteiger partial charge in [0.05, 0.1) is 11.4 Å². The molecule has 82 valence electrons. The fourth-order valence-corrected chi connectivity index (χ4v) is 1.69. The minimum absolute atomic E-state index is 0.330. The quantitative estimate of drug-likeness (QED) is 0.237. The van der Waals surface area contributed by atoms with Gasteiger partial charge in [0.15, 0.2) is 11.7 Å². The maximum atomic E-state index is 5.78. The largest absolute Gasteiger partial charge is 0.379 e. The van der Waals surface area contributed by atoms with E-state index in [9.17, 15) is 0 Å².